The molecule has 2 aromatic carbocycles. The van der Waals surface area contributed by atoms with Crippen molar-refractivity contribution < 1.29 is 19.1 Å². The molecule has 0 bridgehead atoms. The van der Waals surface area contributed by atoms with Gasteiger partial charge in [-0.2, -0.15) is 9.78 Å². The third kappa shape index (κ3) is 5.37. The summed E-state index contributed by atoms with van der Waals surface area (Å²) in [7, 11) is -0.968. The Labute approximate surface area is 223 Å². The van der Waals surface area contributed by atoms with Crippen LogP contribution >= 0.6 is 0 Å². The van der Waals surface area contributed by atoms with Crippen LogP contribution in [0.5, 0.6) is 0 Å². The van der Waals surface area contributed by atoms with Crippen LogP contribution in [0.2, 0.25) is 5.04 Å². The van der Waals surface area contributed by atoms with E-state index >= 15 is 0 Å². The number of nitrogens with zero attached hydrogens (tertiary/aromatic N) is 3. The molecule has 0 saturated carbocycles. The highest BCUT2D eigenvalue weighted by Crippen LogP contribution is 2.36. The Morgan fingerprint density at radius 3 is 2.13 bits per heavy atom. The molecule has 0 aliphatic heterocycles. The first kappa shape index (κ1) is 27.2. The highest BCUT2D eigenvalue weighted by Gasteiger charge is 2.50. The van der Waals surface area contributed by atoms with E-state index in [2.05, 4.69) is 65.8 Å². The van der Waals surface area contributed by atoms with Crippen molar-refractivity contribution in [2.75, 3.05) is 19.0 Å². The molecule has 4 rings (SSSR count). The molecule has 0 spiro atoms. The topological polar surface area (TPSA) is 118 Å². The van der Waals surface area contributed by atoms with Gasteiger partial charge in [-0.15, -0.1) is 0 Å². The molecule has 1 atom stereocenters. The summed E-state index contributed by atoms with van der Waals surface area (Å²) < 4.78 is 7.76. The number of nitrogens with one attached hydrogen (secondary N) is 2. The van der Waals surface area contributed by atoms with Gasteiger partial charge < -0.3 is 20.2 Å². The lowest BCUT2D eigenvalue weighted by Crippen LogP contribution is -2.66. The third-order valence-electron chi connectivity index (χ3n) is 6.67. The molecule has 0 aliphatic carbocycles. The van der Waals surface area contributed by atoms with E-state index in [4.69, 9.17) is 4.43 Å². The van der Waals surface area contributed by atoms with Gasteiger partial charge in [-0.25, -0.2) is 9.78 Å². The van der Waals surface area contributed by atoms with Crippen LogP contribution in [0, 0.1) is 0 Å². The number of rotatable bonds is 9. The number of benzene rings is 2. The Bertz CT molecular complexity index is 1360. The van der Waals surface area contributed by atoms with E-state index in [0.29, 0.717) is 29.9 Å². The minimum absolute atomic E-state index is 0.160. The maximum atomic E-state index is 13.1. The summed E-state index contributed by atoms with van der Waals surface area (Å²) in [5.41, 5.74) is 0.723. The van der Waals surface area contributed by atoms with E-state index in [1.165, 1.54) is 16.6 Å². The standard InChI is InChI=1S/C28H33N5O4Si/c1-28(2,3)38(20-11-7-5-8-12-20,21-13-9-6-10-14-21)37-18-17-22(29-4)26(34)32-25-16-15-24-23(31-25)19-30-33(24)27(35)36/h5-16,19,22,29H,17-18H2,1-4H3,(H,35,36)(H,31,32,34)/t22-/m1/s1. The lowest BCUT2D eigenvalue weighted by Gasteiger charge is -2.43. The van der Waals surface area contributed by atoms with E-state index < -0.39 is 20.5 Å². The second kappa shape index (κ2) is 11.3. The van der Waals surface area contributed by atoms with Crippen molar-refractivity contribution in [3.8, 4) is 0 Å². The van der Waals surface area contributed by atoms with Gasteiger partial charge >= 0.3 is 6.09 Å². The van der Waals surface area contributed by atoms with Gasteiger partial charge in [-0.05, 0) is 41.0 Å². The summed E-state index contributed by atoms with van der Waals surface area (Å²) in [6.07, 6.45) is 0.605. The van der Waals surface area contributed by atoms with Crippen LogP contribution in [0.3, 0.4) is 0 Å². The van der Waals surface area contributed by atoms with E-state index in [1.807, 2.05) is 36.4 Å². The minimum atomic E-state index is -2.70. The van der Waals surface area contributed by atoms with E-state index in [9.17, 15) is 14.7 Å². The zero-order valence-corrected chi connectivity index (χ0v) is 23.0. The fourth-order valence-corrected chi connectivity index (χ4v) is 9.43. The summed E-state index contributed by atoms with van der Waals surface area (Å²) >= 11 is 0. The second-order valence-corrected chi connectivity index (χ2v) is 14.4. The van der Waals surface area contributed by atoms with Crippen LogP contribution in [0.4, 0.5) is 10.6 Å². The molecule has 4 aromatic rings. The van der Waals surface area contributed by atoms with Crippen LogP contribution in [-0.4, -0.2) is 59.9 Å². The third-order valence-corrected chi connectivity index (χ3v) is 11.7. The van der Waals surface area contributed by atoms with Gasteiger partial charge in [0.15, 0.2) is 0 Å². The maximum absolute atomic E-state index is 13.1. The van der Waals surface area contributed by atoms with Crippen molar-refractivity contribution in [3.63, 3.8) is 0 Å². The average Bonchev–Trinajstić information content (AvgIpc) is 3.33. The molecule has 0 radical (unpaired) electrons. The van der Waals surface area contributed by atoms with Crippen LogP contribution < -0.4 is 21.0 Å². The first-order valence-corrected chi connectivity index (χ1v) is 14.4. The average molecular weight is 532 g/mol. The number of hydrogen-bond donors (Lipinski definition) is 3. The number of aromatic nitrogens is 3. The molecule has 2 aromatic heterocycles. The normalized spacial score (nSPS) is 12.8. The van der Waals surface area contributed by atoms with Crippen LogP contribution in [0.1, 0.15) is 27.2 Å². The first-order valence-electron chi connectivity index (χ1n) is 12.5. The highest BCUT2D eigenvalue weighted by atomic mass is 28.4. The molecule has 3 N–H and O–H groups in total. The minimum Gasteiger partial charge on any atom is -0.463 e. The fourth-order valence-electron chi connectivity index (χ4n) is 4.85. The summed E-state index contributed by atoms with van der Waals surface area (Å²) in [5.74, 6) is 0.0663. The van der Waals surface area contributed by atoms with Gasteiger partial charge in [0.1, 0.15) is 11.3 Å². The van der Waals surface area contributed by atoms with Crippen molar-refractivity contribution in [2.45, 2.75) is 38.3 Å². The van der Waals surface area contributed by atoms with E-state index in [0.717, 1.165) is 4.68 Å². The van der Waals surface area contributed by atoms with Crippen LogP contribution in [-0.2, 0) is 9.22 Å². The summed E-state index contributed by atoms with van der Waals surface area (Å²) in [4.78, 5) is 28.7. The lowest BCUT2D eigenvalue weighted by atomic mass is 10.2. The molecule has 0 aliphatic rings. The molecule has 0 saturated heterocycles. The number of fused-ring (bicyclic) bond motifs is 1. The van der Waals surface area contributed by atoms with Crippen molar-refractivity contribution >= 4 is 47.5 Å². The Morgan fingerprint density at radius 2 is 1.61 bits per heavy atom. The molecule has 0 unspecified atom stereocenters. The number of amides is 1. The van der Waals surface area contributed by atoms with E-state index in [1.54, 1.807) is 19.2 Å². The number of carbonyl (C=O) groups is 2. The molecule has 198 valence electrons. The van der Waals surface area contributed by atoms with Crippen LogP contribution in [0.15, 0.2) is 79.0 Å². The largest absolute Gasteiger partial charge is 0.463 e. The van der Waals surface area contributed by atoms with Crippen LogP contribution in [0.25, 0.3) is 11.0 Å². The Kier molecular flexibility index (Phi) is 8.05. The number of hydrogen-bond acceptors (Lipinski definition) is 6. The zero-order valence-electron chi connectivity index (χ0n) is 22.0. The number of carbonyl (C=O) groups excluding carboxylic acids is 1. The van der Waals surface area contributed by atoms with Crippen molar-refractivity contribution in [1.29, 1.82) is 0 Å². The molecule has 2 heterocycles. The molecule has 38 heavy (non-hydrogen) atoms. The van der Waals surface area contributed by atoms with Gasteiger partial charge in [0.2, 0.25) is 5.91 Å². The molecule has 9 nitrogen and oxygen atoms in total. The smallest absolute Gasteiger partial charge is 0.432 e. The Morgan fingerprint density at radius 1 is 1.00 bits per heavy atom. The fraction of sp³-hybridized carbons (Fsp3) is 0.286. The molecular formula is C28H33N5O4Si. The number of anilines is 1. The predicted molar refractivity (Wildman–Crippen MR) is 151 cm³/mol. The monoisotopic (exact) mass is 531 g/mol. The van der Waals surface area contributed by atoms with Gasteiger partial charge in [0.25, 0.3) is 8.32 Å². The molecule has 0 fully saturated rings. The Balaban J connectivity index is 1.52. The van der Waals surface area contributed by atoms with Crippen molar-refractivity contribution in [2.24, 2.45) is 0 Å². The van der Waals surface area contributed by atoms with Crippen molar-refractivity contribution in [1.82, 2.24) is 20.1 Å². The number of carboxylic acid groups (broad SMARTS) is 1. The lowest BCUT2D eigenvalue weighted by molar-refractivity contribution is -0.118. The summed E-state index contributed by atoms with van der Waals surface area (Å²) in [6, 6.07) is 23.4. The van der Waals surface area contributed by atoms with Gasteiger partial charge in [0.05, 0.1) is 17.8 Å². The van der Waals surface area contributed by atoms with Gasteiger partial charge in [-0.3, -0.25) is 4.79 Å². The molecule has 10 heteroatoms. The second-order valence-electron chi connectivity index (χ2n) is 10.1. The van der Waals surface area contributed by atoms with Gasteiger partial charge in [-0.1, -0.05) is 81.4 Å². The quantitative estimate of drug-likeness (QED) is 0.283. The number of pyridine rings is 1. The van der Waals surface area contributed by atoms with Crippen molar-refractivity contribution in [3.05, 3.63) is 79.0 Å². The SMILES string of the molecule is CN[C@H](CCO[Si](c1ccccc1)(c1ccccc1)C(C)(C)C)C(=O)Nc1ccc2c(cnn2C(=O)O)n1. The molecule has 1 amide bonds. The predicted octanol–water partition coefficient (Wildman–Crippen LogP) is 3.45. The summed E-state index contributed by atoms with van der Waals surface area (Å²) in [5, 5.41) is 21.1. The maximum Gasteiger partial charge on any atom is 0.432 e. The highest BCUT2D eigenvalue weighted by molar-refractivity contribution is 6.99. The summed E-state index contributed by atoms with van der Waals surface area (Å²) in [6.45, 7) is 7.03. The number of likely N-dealkylation sites (N-methyl/N-ethyl adjacent to an activating group) is 1. The first-order chi connectivity index (χ1) is 18.2. The van der Waals surface area contributed by atoms with Gasteiger partial charge in [0, 0.05) is 6.61 Å². The van der Waals surface area contributed by atoms with E-state index in [-0.39, 0.29) is 10.9 Å². The molecular weight excluding hydrogens is 498 g/mol. The Hall–Kier alpha value is -3.86. The zero-order chi connectivity index (χ0) is 27.3.